The number of hydrogen-bond acceptors (Lipinski definition) is 5. The highest BCUT2D eigenvalue weighted by molar-refractivity contribution is 7.15. The molecule has 0 fully saturated rings. The zero-order valence-corrected chi connectivity index (χ0v) is 17.4. The molecule has 2 aromatic carbocycles. The van der Waals surface area contributed by atoms with E-state index >= 15 is 0 Å². The van der Waals surface area contributed by atoms with Crippen LogP contribution in [0.5, 0.6) is 5.75 Å². The Hall–Kier alpha value is -2.87. The predicted octanol–water partition coefficient (Wildman–Crippen LogP) is 5.43. The van der Waals surface area contributed by atoms with E-state index < -0.39 is 0 Å². The number of thiazole rings is 1. The summed E-state index contributed by atoms with van der Waals surface area (Å²) in [7, 11) is 1.62. The molecule has 146 valence electrons. The molecule has 0 aliphatic heterocycles. The number of fused-ring (bicyclic) bond motifs is 1. The summed E-state index contributed by atoms with van der Waals surface area (Å²) < 4.78 is 6.89. The number of nitrogens with zero attached hydrogens (tertiary/aromatic N) is 3. The summed E-state index contributed by atoms with van der Waals surface area (Å²) in [6.07, 6.45) is 2.98. The van der Waals surface area contributed by atoms with Crippen LogP contribution in [0.15, 0.2) is 53.9 Å². The van der Waals surface area contributed by atoms with Crippen molar-refractivity contribution in [1.82, 2.24) is 14.6 Å². The molecule has 2 heterocycles. The first-order chi connectivity index (χ1) is 14.0. The third kappa shape index (κ3) is 4.27. The Morgan fingerprint density at radius 3 is 2.72 bits per heavy atom. The summed E-state index contributed by atoms with van der Waals surface area (Å²) in [4.78, 5) is 17.3. The van der Waals surface area contributed by atoms with Crippen molar-refractivity contribution in [3.8, 4) is 17.0 Å². The highest BCUT2D eigenvalue weighted by Crippen LogP contribution is 2.27. The summed E-state index contributed by atoms with van der Waals surface area (Å²) >= 11 is 13.4. The molecule has 9 heteroatoms. The molecule has 1 N–H and O–H groups in total. The smallest absolute Gasteiger partial charge is 0.250 e. The molecule has 4 aromatic rings. The first kappa shape index (κ1) is 19.4. The number of aromatic nitrogens is 3. The van der Waals surface area contributed by atoms with Crippen LogP contribution in [0.4, 0.5) is 5.95 Å². The summed E-state index contributed by atoms with van der Waals surface area (Å²) in [5.74, 6) is 0.642. The predicted molar refractivity (Wildman–Crippen MR) is 117 cm³/mol. The van der Waals surface area contributed by atoms with E-state index in [2.05, 4.69) is 15.4 Å². The fourth-order valence-electron chi connectivity index (χ4n) is 2.65. The Kier molecular flexibility index (Phi) is 5.53. The lowest BCUT2D eigenvalue weighted by Crippen LogP contribution is -2.09. The average molecular weight is 445 g/mol. The molecule has 0 aliphatic rings. The number of halogens is 2. The van der Waals surface area contributed by atoms with Gasteiger partial charge in [-0.3, -0.25) is 10.1 Å². The first-order valence-electron chi connectivity index (χ1n) is 8.46. The standard InChI is InChI=1S/C20H14Cl2N4O2S/c1-28-15-7-3-13(4-8-15)17-11-29-20-24-19(25-26(17)20)23-18(27)9-5-12-2-6-14(21)10-16(12)22/h2-11H,1H3,(H,23,25,27)/b9-5+. The van der Waals surface area contributed by atoms with Crippen LogP contribution in [0, 0.1) is 0 Å². The van der Waals surface area contributed by atoms with Gasteiger partial charge in [0.05, 0.1) is 12.8 Å². The lowest BCUT2D eigenvalue weighted by atomic mass is 10.2. The Morgan fingerprint density at radius 1 is 1.21 bits per heavy atom. The molecule has 0 saturated heterocycles. The molecule has 6 nitrogen and oxygen atoms in total. The number of ether oxygens (including phenoxy) is 1. The van der Waals surface area contributed by atoms with Gasteiger partial charge in [0, 0.05) is 27.1 Å². The fourth-order valence-corrected chi connectivity index (χ4v) is 3.95. The second kappa shape index (κ2) is 8.24. The SMILES string of the molecule is COc1ccc(-c2csc3nc(NC(=O)/C=C/c4ccc(Cl)cc4Cl)nn23)cc1. The lowest BCUT2D eigenvalue weighted by Gasteiger charge is -2.02. The Balaban J connectivity index is 1.52. The van der Waals surface area contributed by atoms with Gasteiger partial charge in [-0.05, 0) is 48.0 Å². The third-order valence-electron chi connectivity index (χ3n) is 4.08. The van der Waals surface area contributed by atoms with Gasteiger partial charge in [-0.1, -0.05) is 29.3 Å². The van der Waals surface area contributed by atoms with Crippen LogP contribution < -0.4 is 10.1 Å². The van der Waals surface area contributed by atoms with Crippen molar-refractivity contribution in [2.24, 2.45) is 0 Å². The van der Waals surface area contributed by atoms with Crippen LogP contribution in [0.3, 0.4) is 0 Å². The van der Waals surface area contributed by atoms with Gasteiger partial charge in [0.1, 0.15) is 5.75 Å². The molecule has 29 heavy (non-hydrogen) atoms. The van der Waals surface area contributed by atoms with Crippen LogP contribution in [0.25, 0.3) is 22.3 Å². The molecular formula is C20H14Cl2N4O2S. The zero-order chi connectivity index (χ0) is 20.4. The van der Waals surface area contributed by atoms with E-state index in [9.17, 15) is 4.79 Å². The molecule has 1 amide bonds. The van der Waals surface area contributed by atoms with E-state index in [-0.39, 0.29) is 11.9 Å². The van der Waals surface area contributed by atoms with Gasteiger partial charge < -0.3 is 4.74 Å². The topological polar surface area (TPSA) is 68.5 Å². The normalized spacial score (nSPS) is 11.3. The Morgan fingerprint density at radius 2 is 2.00 bits per heavy atom. The highest BCUT2D eigenvalue weighted by atomic mass is 35.5. The maximum absolute atomic E-state index is 12.2. The number of benzene rings is 2. The molecule has 4 rings (SSSR count). The second-order valence-corrected chi connectivity index (χ2v) is 7.65. The lowest BCUT2D eigenvalue weighted by molar-refractivity contribution is -0.111. The van der Waals surface area contributed by atoms with Crippen LogP contribution in [0.1, 0.15) is 5.56 Å². The number of carbonyl (C=O) groups excluding carboxylic acids is 1. The van der Waals surface area contributed by atoms with Crippen molar-refractivity contribution < 1.29 is 9.53 Å². The summed E-state index contributed by atoms with van der Waals surface area (Å²) in [5.41, 5.74) is 2.54. The molecule has 0 aliphatic carbocycles. The van der Waals surface area contributed by atoms with Crippen LogP contribution in [0.2, 0.25) is 10.0 Å². The van der Waals surface area contributed by atoms with Gasteiger partial charge >= 0.3 is 0 Å². The minimum atomic E-state index is -0.361. The highest BCUT2D eigenvalue weighted by Gasteiger charge is 2.13. The Labute approximate surface area is 180 Å². The van der Waals surface area contributed by atoms with Gasteiger partial charge in [0.2, 0.25) is 4.96 Å². The molecule has 0 saturated carbocycles. The minimum absolute atomic E-state index is 0.225. The fraction of sp³-hybridized carbons (Fsp3) is 0.0500. The molecule has 0 radical (unpaired) electrons. The molecule has 2 aromatic heterocycles. The second-order valence-electron chi connectivity index (χ2n) is 5.97. The quantitative estimate of drug-likeness (QED) is 0.417. The van der Waals surface area contributed by atoms with Crippen LogP contribution >= 0.6 is 34.5 Å². The summed E-state index contributed by atoms with van der Waals surface area (Å²) in [5, 5.41) is 10.0. The van der Waals surface area contributed by atoms with Crippen molar-refractivity contribution >= 4 is 57.4 Å². The number of rotatable bonds is 5. The van der Waals surface area contributed by atoms with Crippen molar-refractivity contribution in [3.63, 3.8) is 0 Å². The molecule has 0 bridgehead atoms. The minimum Gasteiger partial charge on any atom is -0.497 e. The van der Waals surface area contributed by atoms with Gasteiger partial charge in [0.15, 0.2) is 0 Å². The molecule has 0 spiro atoms. The first-order valence-corrected chi connectivity index (χ1v) is 10.1. The van der Waals surface area contributed by atoms with Gasteiger partial charge in [-0.2, -0.15) is 4.98 Å². The van der Waals surface area contributed by atoms with Gasteiger partial charge in [-0.25, -0.2) is 4.52 Å². The monoisotopic (exact) mass is 444 g/mol. The van der Waals surface area contributed by atoms with Crippen molar-refractivity contribution in [2.75, 3.05) is 12.4 Å². The average Bonchev–Trinajstić information content (AvgIpc) is 3.27. The molecule has 0 atom stereocenters. The van der Waals surface area contributed by atoms with Crippen molar-refractivity contribution in [2.45, 2.75) is 0 Å². The molecule has 0 unspecified atom stereocenters. The zero-order valence-electron chi connectivity index (χ0n) is 15.1. The van der Waals surface area contributed by atoms with E-state index in [0.717, 1.165) is 17.0 Å². The van der Waals surface area contributed by atoms with Crippen molar-refractivity contribution in [3.05, 3.63) is 69.5 Å². The van der Waals surface area contributed by atoms with Gasteiger partial charge in [0.25, 0.3) is 11.9 Å². The number of anilines is 1. The largest absolute Gasteiger partial charge is 0.497 e. The number of amides is 1. The number of methoxy groups -OCH3 is 1. The third-order valence-corrected chi connectivity index (χ3v) is 5.46. The number of nitrogens with one attached hydrogen (secondary N) is 1. The number of carbonyl (C=O) groups is 1. The summed E-state index contributed by atoms with van der Waals surface area (Å²) in [6.45, 7) is 0. The maximum Gasteiger partial charge on any atom is 0.250 e. The number of hydrogen-bond donors (Lipinski definition) is 1. The van der Waals surface area contributed by atoms with E-state index in [4.69, 9.17) is 27.9 Å². The Bertz CT molecular complexity index is 1220. The van der Waals surface area contributed by atoms with E-state index in [0.29, 0.717) is 20.6 Å². The van der Waals surface area contributed by atoms with E-state index in [1.165, 1.54) is 17.4 Å². The van der Waals surface area contributed by atoms with E-state index in [1.54, 1.807) is 35.9 Å². The summed E-state index contributed by atoms with van der Waals surface area (Å²) in [6, 6.07) is 12.7. The van der Waals surface area contributed by atoms with Crippen molar-refractivity contribution in [1.29, 1.82) is 0 Å². The van der Waals surface area contributed by atoms with Gasteiger partial charge in [-0.15, -0.1) is 16.4 Å². The molecular weight excluding hydrogens is 431 g/mol. The van der Waals surface area contributed by atoms with E-state index in [1.807, 2.05) is 29.6 Å². The van der Waals surface area contributed by atoms with Crippen LogP contribution in [-0.4, -0.2) is 27.6 Å². The van der Waals surface area contributed by atoms with Crippen LogP contribution in [-0.2, 0) is 4.79 Å². The maximum atomic E-state index is 12.2.